The normalized spacial score (nSPS) is 28.4. The third-order valence-electron chi connectivity index (χ3n) is 2.93. The highest BCUT2D eigenvalue weighted by Crippen LogP contribution is 2.30. The van der Waals surface area contributed by atoms with Gasteiger partial charge < -0.3 is 10.1 Å². The van der Waals surface area contributed by atoms with Crippen LogP contribution in [0.25, 0.3) is 0 Å². The Morgan fingerprint density at radius 3 is 2.41 bits per heavy atom. The molecule has 0 spiro atoms. The first-order valence-corrected chi connectivity index (χ1v) is 6.27. The average molecular weight is 252 g/mol. The quantitative estimate of drug-likeness (QED) is 0.826. The molecule has 0 aromatic heterocycles. The fourth-order valence-corrected chi connectivity index (χ4v) is 2.28. The van der Waals surface area contributed by atoms with E-state index in [4.69, 9.17) is 4.74 Å². The van der Waals surface area contributed by atoms with Crippen LogP contribution in [-0.4, -0.2) is 57.3 Å². The van der Waals surface area contributed by atoms with Crippen LogP contribution < -0.4 is 5.32 Å². The molecule has 104 valence electrons. The summed E-state index contributed by atoms with van der Waals surface area (Å²) in [7, 11) is 3.18. The number of likely N-dealkylation sites (tertiary alicyclic amines) is 1. The summed E-state index contributed by atoms with van der Waals surface area (Å²) in [4.78, 5) is 1.77. The Labute approximate surface area is 104 Å². The predicted molar refractivity (Wildman–Crippen MR) is 66.6 cm³/mol. The van der Waals surface area contributed by atoms with Crippen molar-refractivity contribution >= 4 is 0 Å². The summed E-state index contributed by atoms with van der Waals surface area (Å²) in [6.45, 7) is 7.46. The van der Waals surface area contributed by atoms with E-state index in [0.29, 0.717) is 19.7 Å². The molecule has 3 nitrogen and oxygen atoms in total. The Morgan fingerprint density at radius 1 is 1.41 bits per heavy atom. The second-order valence-corrected chi connectivity index (χ2v) is 4.23. The Balaban J connectivity index is 0.00000121. The van der Waals surface area contributed by atoms with Gasteiger partial charge in [0.15, 0.2) is 0 Å². The first kappa shape index (κ1) is 16.7. The molecular weight excluding hydrogens is 226 g/mol. The molecular formula is C12H26F2N2O. The number of halogens is 2. The number of ether oxygens (including phenoxy) is 1. The van der Waals surface area contributed by atoms with Crippen molar-refractivity contribution in [3.8, 4) is 0 Å². The monoisotopic (exact) mass is 252 g/mol. The maximum absolute atomic E-state index is 13.7. The first-order chi connectivity index (χ1) is 8.01. The van der Waals surface area contributed by atoms with Crippen molar-refractivity contribution in [2.24, 2.45) is 5.92 Å². The lowest BCUT2D eigenvalue weighted by Crippen LogP contribution is -2.60. The van der Waals surface area contributed by atoms with Crippen molar-refractivity contribution < 1.29 is 13.5 Å². The molecule has 0 radical (unpaired) electrons. The van der Waals surface area contributed by atoms with Crippen LogP contribution in [0.3, 0.4) is 0 Å². The Hall–Kier alpha value is -0.260. The summed E-state index contributed by atoms with van der Waals surface area (Å²) in [5.74, 6) is -2.70. The minimum absolute atomic E-state index is 0.0457. The molecule has 1 rings (SSSR count). The van der Waals surface area contributed by atoms with Gasteiger partial charge in [0.1, 0.15) is 0 Å². The number of hydrogen-bond acceptors (Lipinski definition) is 3. The molecule has 1 aliphatic heterocycles. The maximum Gasteiger partial charge on any atom is 0.275 e. The number of nitrogens with one attached hydrogen (secondary N) is 1. The van der Waals surface area contributed by atoms with Crippen LogP contribution in [0.1, 0.15) is 20.8 Å². The van der Waals surface area contributed by atoms with Gasteiger partial charge in [0.25, 0.3) is 5.92 Å². The SMILES string of the molecule is CC.CNC1C(C)CN(CCOC)CC1(F)F. The van der Waals surface area contributed by atoms with Gasteiger partial charge in [-0.15, -0.1) is 0 Å². The van der Waals surface area contributed by atoms with Crippen molar-refractivity contribution in [2.75, 3.05) is 40.4 Å². The number of piperidine rings is 1. The van der Waals surface area contributed by atoms with Crippen molar-refractivity contribution in [1.82, 2.24) is 10.2 Å². The highest BCUT2D eigenvalue weighted by Gasteiger charge is 2.47. The summed E-state index contributed by atoms with van der Waals surface area (Å²) in [5.41, 5.74) is 0. The molecule has 1 N–H and O–H groups in total. The largest absolute Gasteiger partial charge is 0.383 e. The fraction of sp³-hybridized carbons (Fsp3) is 1.00. The lowest BCUT2D eigenvalue weighted by molar-refractivity contribution is -0.110. The molecule has 0 aromatic carbocycles. The number of alkyl halides is 2. The number of methoxy groups -OCH3 is 1. The van der Waals surface area contributed by atoms with Crippen LogP contribution in [0.15, 0.2) is 0 Å². The lowest BCUT2D eigenvalue weighted by Gasteiger charge is -2.42. The van der Waals surface area contributed by atoms with Crippen molar-refractivity contribution in [2.45, 2.75) is 32.7 Å². The Kier molecular flexibility index (Phi) is 7.83. The standard InChI is InChI=1S/C10H20F2N2O.C2H6/c1-8-6-14(4-5-15-3)7-10(11,12)9(8)13-2;1-2/h8-9,13H,4-7H2,1-3H3;1-2H3. The molecule has 0 saturated carbocycles. The molecule has 5 heteroatoms. The highest BCUT2D eigenvalue weighted by atomic mass is 19.3. The first-order valence-electron chi connectivity index (χ1n) is 6.27. The van der Waals surface area contributed by atoms with Crippen LogP contribution in [0, 0.1) is 5.92 Å². The van der Waals surface area contributed by atoms with E-state index in [0.717, 1.165) is 0 Å². The average Bonchev–Trinajstić information content (AvgIpc) is 2.27. The molecule has 0 bridgehead atoms. The molecule has 1 fully saturated rings. The molecule has 1 aliphatic rings. The number of nitrogens with zero attached hydrogens (tertiary/aromatic N) is 1. The minimum atomic E-state index is -2.65. The van der Waals surface area contributed by atoms with Crippen LogP contribution in [0.2, 0.25) is 0 Å². The van der Waals surface area contributed by atoms with Gasteiger partial charge in [-0.05, 0) is 13.0 Å². The molecule has 0 amide bonds. The van der Waals surface area contributed by atoms with E-state index in [1.165, 1.54) is 0 Å². The van der Waals surface area contributed by atoms with Gasteiger partial charge in [0, 0.05) is 20.2 Å². The Morgan fingerprint density at radius 2 is 2.00 bits per heavy atom. The number of hydrogen-bond donors (Lipinski definition) is 1. The molecule has 2 unspecified atom stereocenters. The van der Waals surface area contributed by atoms with E-state index in [1.807, 2.05) is 20.8 Å². The third kappa shape index (κ3) is 4.85. The zero-order valence-electron chi connectivity index (χ0n) is 11.6. The van der Waals surface area contributed by atoms with Crippen LogP contribution in [-0.2, 0) is 4.74 Å². The third-order valence-corrected chi connectivity index (χ3v) is 2.93. The number of rotatable bonds is 4. The maximum atomic E-state index is 13.7. The predicted octanol–water partition coefficient (Wildman–Crippen LogP) is 1.83. The Bertz CT molecular complexity index is 203. The van der Waals surface area contributed by atoms with Gasteiger partial charge in [-0.2, -0.15) is 0 Å². The topological polar surface area (TPSA) is 24.5 Å². The van der Waals surface area contributed by atoms with Crippen LogP contribution in [0.4, 0.5) is 8.78 Å². The van der Waals surface area contributed by atoms with Gasteiger partial charge >= 0.3 is 0 Å². The highest BCUT2D eigenvalue weighted by molar-refractivity contribution is 4.94. The van der Waals surface area contributed by atoms with E-state index in [1.54, 1.807) is 19.1 Å². The molecule has 1 saturated heterocycles. The van der Waals surface area contributed by atoms with Crippen molar-refractivity contribution in [3.05, 3.63) is 0 Å². The second-order valence-electron chi connectivity index (χ2n) is 4.23. The van der Waals surface area contributed by atoms with Crippen LogP contribution >= 0.6 is 0 Å². The zero-order valence-corrected chi connectivity index (χ0v) is 11.6. The van der Waals surface area contributed by atoms with Gasteiger partial charge in [0.05, 0.1) is 19.2 Å². The van der Waals surface area contributed by atoms with E-state index in [9.17, 15) is 8.78 Å². The summed E-state index contributed by atoms with van der Waals surface area (Å²) >= 11 is 0. The van der Waals surface area contributed by atoms with Crippen molar-refractivity contribution in [1.29, 1.82) is 0 Å². The summed E-state index contributed by atoms with van der Waals surface area (Å²) in [6.07, 6.45) is 0. The summed E-state index contributed by atoms with van der Waals surface area (Å²) in [5, 5.41) is 2.71. The van der Waals surface area contributed by atoms with E-state index in [2.05, 4.69) is 5.32 Å². The smallest absolute Gasteiger partial charge is 0.275 e. The zero-order chi connectivity index (χ0) is 13.5. The van der Waals surface area contributed by atoms with Crippen LogP contribution in [0.5, 0.6) is 0 Å². The molecule has 2 atom stereocenters. The molecule has 1 heterocycles. The lowest BCUT2D eigenvalue weighted by atomic mass is 9.91. The van der Waals surface area contributed by atoms with E-state index >= 15 is 0 Å². The molecule has 0 aromatic rings. The van der Waals surface area contributed by atoms with E-state index in [-0.39, 0.29) is 12.5 Å². The van der Waals surface area contributed by atoms with Gasteiger partial charge in [0.2, 0.25) is 0 Å². The molecule has 17 heavy (non-hydrogen) atoms. The van der Waals surface area contributed by atoms with Gasteiger partial charge in [-0.25, -0.2) is 8.78 Å². The van der Waals surface area contributed by atoms with Crippen molar-refractivity contribution in [3.63, 3.8) is 0 Å². The van der Waals surface area contributed by atoms with Gasteiger partial charge in [-0.3, -0.25) is 4.90 Å². The summed E-state index contributed by atoms with van der Waals surface area (Å²) in [6, 6.07) is -0.712. The van der Waals surface area contributed by atoms with E-state index < -0.39 is 12.0 Å². The fourth-order valence-electron chi connectivity index (χ4n) is 2.28. The minimum Gasteiger partial charge on any atom is -0.383 e. The second kappa shape index (κ2) is 7.95. The summed E-state index contributed by atoms with van der Waals surface area (Å²) < 4.78 is 32.2. The van der Waals surface area contributed by atoms with Gasteiger partial charge in [-0.1, -0.05) is 20.8 Å². The molecule has 0 aliphatic carbocycles.